The zero-order valence-electron chi connectivity index (χ0n) is 11.1. The third kappa shape index (κ3) is 4.43. The van der Waals surface area contributed by atoms with Crippen molar-refractivity contribution >= 4 is 18.9 Å². The summed E-state index contributed by atoms with van der Waals surface area (Å²) in [7, 11) is -1.13. The minimum atomic E-state index is -1.13. The minimum absolute atomic E-state index is 0.0173. The third-order valence-corrected chi connectivity index (χ3v) is 3.62. The summed E-state index contributed by atoms with van der Waals surface area (Å²) in [6.07, 6.45) is 0.559. The zero-order valence-corrected chi connectivity index (χ0v) is 12.0. The first-order valence-electron chi connectivity index (χ1n) is 5.56. The molecule has 0 bridgehead atoms. The molecule has 0 radical (unpaired) electrons. The van der Waals surface area contributed by atoms with Crippen LogP contribution in [0.2, 0.25) is 0 Å². The van der Waals surface area contributed by atoms with Crippen LogP contribution in [-0.4, -0.2) is 32.1 Å². The monoisotopic (exact) mass is 256 g/mol. The molecule has 0 atom stereocenters. The second-order valence-electron chi connectivity index (χ2n) is 5.41. The molecular formula is C13H20FNOP+. The Bertz CT molecular complexity index is 415. The van der Waals surface area contributed by atoms with Crippen LogP contribution in [0.5, 0.6) is 0 Å². The maximum Gasteiger partial charge on any atom is 0.261 e. The summed E-state index contributed by atoms with van der Waals surface area (Å²) in [4.78, 5) is 11.8. The van der Waals surface area contributed by atoms with Crippen molar-refractivity contribution in [3.8, 4) is 0 Å². The summed E-state index contributed by atoms with van der Waals surface area (Å²) in [5, 5.41) is 2.88. The van der Waals surface area contributed by atoms with Crippen molar-refractivity contribution in [2.75, 3.05) is 31.5 Å². The van der Waals surface area contributed by atoms with E-state index in [4.69, 9.17) is 0 Å². The topological polar surface area (TPSA) is 29.1 Å². The first-order valence-corrected chi connectivity index (χ1v) is 8.87. The number of carbonyl (C=O) groups is 1. The standard InChI is InChI=1S/C13H19FNOP/c1-9-6-11(14)7-10(2)13(9)15-12(16)8-17(3,4)5/h6-7H,8H2,1-5H3/p+1. The third-order valence-electron chi connectivity index (χ3n) is 2.38. The summed E-state index contributed by atoms with van der Waals surface area (Å²) in [5.74, 6) is -0.245. The second kappa shape index (κ2) is 5.14. The van der Waals surface area contributed by atoms with E-state index >= 15 is 0 Å². The predicted molar refractivity (Wildman–Crippen MR) is 74.1 cm³/mol. The number of hydrogen-bond acceptors (Lipinski definition) is 1. The summed E-state index contributed by atoms with van der Waals surface area (Å²) in [6, 6.07) is 2.88. The van der Waals surface area contributed by atoms with Gasteiger partial charge in [-0.1, -0.05) is 0 Å². The molecule has 4 heteroatoms. The zero-order chi connectivity index (χ0) is 13.2. The van der Waals surface area contributed by atoms with Gasteiger partial charge in [0.25, 0.3) is 5.91 Å². The Labute approximate surface area is 103 Å². The van der Waals surface area contributed by atoms with Crippen molar-refractivity contribution in [2.24, 2.45) is 0 Å². The number of benzene rings is 1. The van der Waals surface area contributed by atoms with Gasteiger partial charge in [-0.3, -0.25) is 4.79 Å². The fourth-order valence-electron chi connectivity index (χ4n) is 1.72. The van der Waals surface area contributed by atoms with Crippen LogP contribution in [0.15, 0.2) is 12.1 Å². The molecule has 94 valence electrons. The second-order valence-corrected chi connectivity index (χ2v) is 10.3. The molecule has 0 aromatic heterocycles. The minimum Gasteiger partial charge on any atom is -0.322 e. The molecular weight excluding hydrogens is 236 g/mol. The van der Waals surface area contributed by atoms with Crippen LogP contribution in [0.25, 0.3) is 0 Å². The van der Waals surface area contributed by atoms with Crippen LogP contribution < -0.4 is 5.32 Å². The Morgan fingerprint density at radius 1 is 1.24 bits per heavy atom. The van der Waals surface area contributed by atoms with E-state index in [9.17, 15) is 9.18 Å². The average molecular weight is 256 g/mol. The van der Waals surface area contributed by atoms with Gasteiger partial charge in [-0.05, 0) is 37.1 Å². The highest BCUT2D eigenvalue weighted by Crippen LogP contribution is 2.46. The largest absolute Gasteiger partial charge is 0.322 e. The molecule has 0 spiro atoms. The highest BCUT2D eigenvalue weighted by molar-refractivity contribution is 7.74. The van der Waals surface area contributed by atoms with Crippen molar-refractivity contribution in [1.29, 1.82) is 0 Å². The quantitative estimate of drug-likeness (QED) is 0.826. The molecule has 0 heterocycles. The number of anilines is 1. The van der Waals surface area contributed by atoms with E-state index in [1.54, 1.807) is 13.8 Å². The fourth-order valence-corrected chi connectivity index (χ4v) is 2.66. The Morgan fingerprint density at radius 3 is 2.12 bits per heavy atom. The number of hydrogen-bond donors (Lipinski definition) is 1. The molecule has 1 rings (SSSR count). The Morgan fingerprint density at radius 2 is 1.71 bits per heavy atom. The van der Waals surface area contributed by atoms with E-state index < -0.39 is 7.26 Å². The lowest BCUT2D eigenvalue weighted by atomic mass is 10.1. The molecule has 0 aliphatic carbocycles. The molecule has 0 aliphatic heterocycles. The Hall–Kier alpha value is -0.950. The van der Waals surface area contributed by atoms with Gasteiger partial charge in [-0.25, -0.2) is 4.39 Å². The molecule has 0 saturated heterocycles. The summed E-state index contributed by atoms with van der Waals surface area (Å²) in [5.41, 5.74) is 2.27. The van der Waals surface area contributed by atoms with Gasteiger partial charge in [-0.2, -0.15) is 0 Å². The van der Waals surface area contributed by atoms with Crippen molar-refractivity contribution in [2.45, 2.75) is 13.8 Å². The van der Waals surface area contributed by atoms with E-state index in [-0.39, 0.29) is 11.7 Å². The number of rotatable bonds is 3. The summed E-state index contributed by atoms with van der Waals surface area (Å²) >= 11 is 0. The van der Waals surface area contributed by atoms with Crippen LogP contribution in [0, 0.1) is 19.7 Å². The highest BCUT2D eigenvalue weighted by atomic mass is 31.2. The van der Waals surface area contributed by atoms with Crippen molar-refractivity contribution in [3.05, 3.63) is 29.1 Å². The Kier molecular flexibility index (Phi) is 4.26. The highest BCUT2D eigenvalue weighted by Gasteiger charge is 2.23. The molecule has 2 nitrogen and oxygen atoms in total. The lowest BCUT2D eigenvalue weighted by Crippen LogP contribution is -2.19. The molecule has 17 heavy (non-hydrogen) atoms. The summed E-state index contributed by atoms with van der Waals surface area (Å²) < 4.78 is 13.1. The van der Waals surface area contributed by atoms with Gasteiger partial charge in [0.2, 0.25) is 0 Å². The maximum atomic E-state index is 13.1. The normalized spacial score (nSPS) is 11.4. The fraction of sp³-hybridized carbons (Fsp3) is 0.462. The van der Waals surface area contributed by atoms with E-state index in [1.807, 2.05) is 0 Å². The van der Waals surface area contributed by atoms with Gasteiger partial charge in [0.15, 0.2) is 0 Å². The predicted octanol–water partition coefficient (Wildman–Crippen LogP) is 3.29. The van der Waals surface area contributed by atoms with Crippen molar-refractivity contribution in [1.82, 2.24) is 0 Å². The molecule has 0 aliphatic rings. The van der Waals surface area contributed by atoms with Gasteiger partial charge in [-0.15, -0.1) is 0 Å². The van der Waals surface area contributed by atoms with Gasteiger partial charge in [0.05, 0.1) is 0 Å². The van der Waals surface area contributed by atoms with Crippen molar-refractivity contribution in [3.63, 3.8) is 0 Å². The number of amides is 1. The first kappa shape index (κ1) is 14.1. The smallest absolute Gasteiger partial charge is 0.261 e. The van der Waals surface area contributed by atoms with E-state index in [2.05, 4.69) is 25.3 Å². The van der Waals surface area contributed by atoms with Crippen LogP contribution in [0.1, 0.15) is 11.1 Å². The van der Waals surface area contributed by atoms with Gasteiger partial charge in [0, 0.05) is 32.9 Å². The van der Waals surface area contributed by atoms with Crippen LogP contribution in [0.4, 0.5) is 10.1 Å². The number of halogens is 1. The molecule has 0 fully saturated rings. The number of carbonyl (C=O) groups excluding carboxylic acids is 1. The average Bonchev–Trinajstić information content (AvgIpc) is 2.08. The number of aryl methyl sites for hydroxylation is 2. The maximum absolute atomic E-state index is 13.1. The van der Waals surface area contributed by atoms with E-state index in [0.29, 0.717) is 6.16 Å². The molecule has 1 N–H and O–H groups in total. The molecule has 0 unspecified atom stereocenters. The molecule has 1 aromatic rings. The molecule has 1 amide bonds. The van der Waals surface area contributed by atoms with E-state index in [0.717, 1.165) is 16.8 Å². The van der Waals surface area contributed by atoms with Crippen LogP contribution in [0.3, 0.4) is 0 Å². The SMILES string of the molecule is Cc1cc(F)cc(C)c1NC(=O)C[P+](C)(C)C. The van der Waals surface area contributed by atoms with Gasteiger partial charge >= 0.3 is 0 Å². The molecule has 0 saturated carbocycles. The van der Waals surface area contributed by atoms with Crippen LogP contribution in [-0.2, 0) is 4.79 Å². The lowest BCUT2D eigenvalue weighted by molar-refractivity contribution is -0.113. The Balaban J connectivity index is 2.86. The van der Waals surface area contributed by atoms with Crippen LogP contribution >= 0.6 is 7.26 Å². The summed E-state index contributed by atoms with van der Waals surface area (Å²) in [6.45, 7) is 9.97. The molecule has 1 aromatic carbocycles. The van der Waals surface area contributed by atoms with Gasteiger partial charge in [0.1, 0.15) is 12.0 Å². The van der Waals surface area contributed by atoms with E-state index in [1.165, 1.54) is 12.1 Å². The lowest BCUT2D eigenvalue weighted by Gasteiger charge is -2.14. The van der Waals surface area contributed by atoms with Gasteiger partial charge < -0.3 is 5.32 Å². The first-order chi connectivity index (χ1) is 7.69. The van der Waals surface area contributed by atoms with Crippen molar-refractivity contribution < 1.29 is 9.18 Å². The number of nitrogens with one attached hydrogen (secondary N) is 1.